The fourth-order valence-corrected chi connectivity index (χ4v) is 7.01. The first-order valence-corrected chi connectivity index (χ1v) is 14.1. The summed E-state index contributed by atoms with van der Waals surface area (Å²) in [6.07, 6.45) is 6.53. The minimum atomic E-state index is -0.656. The fourth-order valence-electron chi connectivity index (χ4n) is 7.01. The van der Waals surface area contributed by atoms with Gasteiger partial charge in [0.25, 0.3) is 0 Å². The van der Waals surface area contributed by atoms with E-state index in [0.717, 1.165) is 37.8 Å². The molecule has 0 saturated carbocycles. The molecule has 10 heteroatoms. The number of anilines is 2. The molecule has 7 rings (SSSR count). The lowest BCUT2D eigenvalue weighted by atomic mass is 9.97. The Morgan fingerprint density at radius 1 is 1.02 bits per heavy atom. The summed E-state index contributed by atoms with van der Waals surface area (Å²) >= 11 is 0. The van der Waals surface area contributed by atoms with Crippen molar-refractivity contribution < 1.29 is 13.5 Å². The van der Waals surface area contributed by atoms with Gasteiger partial charge in [0.2, 0.25) is 0 Å². The van der Waals surface area contributed by atoms with Gasteiger partial charge < -0.3 is 20.3 Å². The zero-order valence-electron chi connectivity index (χ0n) is 22.8. The van der Waals surface area contributed by atoms with Crippen LogP contribution >= 0.6 is 0 Å². The molecule has 3 atom stereocenters. The summed E-state index contributed by atoms with van der Waals surface area (Å²) < 4.78 is 38.5. The van der Waals surface area contributed by atoms with Gasteiger partial charge in [-0.2, -0.15) is 5.26 Å². The van der Waals surface area contributed by atoms with Crippen LogP contribution in [0.3, 0.4) is 0 Å². The summed E-state index contributed by atoms with van der Waals surface area (Å²) in [6.45, 7) is 1.27. The Kier molecular flexibility index (Phi) is 6.36. The highest BCUT2D eigenvalue weighted by Gasteiger charge is 2.41. The molecular weight excluding hydrogens is 524 g/mol. The Hall–Kier alpha value is -4.07. The molecule has 2 aromatic carbocycles. The highest BCUT2D eigenvalue weighted by molar-refractivity contribution is 5.91. The number of pyridine rings is 1. The van der Waals surface area contributed by atoms with Crippen LogP contribution in [0.5, 0.6) is 0 Å². The maximum Gasteiger partial charge on any atom is 0.170 e. The van der Waals surface area contributed by atoms with Crippen LogP contribution < -0.4 is 15.5 Å². The lowest BCUT2D eigenvalue weighted by Gasteiger charge is -2.39. The van der Waals surface area contributed by atoms with E-state index in [4.69, 9.17) is 20.4 Å². The number of nitrogens with zero attached hydrogens (tertiary/aromatic N) is 6. The molecule has 0 spiro atoms. The summed E-state index contributed by atoms with van der Waals surface area (Å²) in [6, 6.07) is 14.3. The Balaban J connectivity index is 1.43. The molecule has 2 bridgehead atoms. The molecule has 0 amide bonds. The van der Waals surface area contributed by atoms with Crippen LogP contribution in [0, 0.1) is 23.0 Å². The average Bonchev–Trinajstić information content (AvgIpc) is 3.67. The summed E-state index contributed by atoms with van der Waals surface area (Å²) in [5, 5.41) is 9.29. The second-order valence-corrected chi connectivity index (χ2v) is 11.3. The minimum absolute atomic E-state index is 0.0431. The summed E-state index contributed by atoms with van der Waals surface area (Å²) in [5.41, 5.74) is 9.52. The third-order valence-corrected chi connectivity index (χ3v) is 8.94. The second-order valence-electron chi connectivity index (χ2n) is 11.3. The number of hydrogen-bond donors (Lipinski definition) is 1. The smallest absolute Gasteiger partial charge is 0.170 e. The zero-order chi connectivity index (χ0) is 28.2. The second kappa shape index (κ2) is 10.1. The number of aromatic nitrogens is 3. The monoisotopic (exact) mass is 555 g/mol. The number of benzene rings is 2. The number of nitrogens with two attached hydrogens (primary N) is 1. The van der Waals surface area contributed by atoms with E-state index in [-0.39, 0.29) is 23.4 Å². The van der Waals surface area contributed by atoms with Crippen LogP contribution in [0.25, 0.3) is 28.2 Å². The quantitative estimate of drug-likeness (QED) is 0.373. The highest BCUT2D eigenvalue weighted by Crippen LogP contribution is 2.43. The molecule has 5 heterocycles. The van der Waals surface area contributed by atoms with Gasteiger partial charge >= 0.3 is 0 Å². The average molecular weight is 556 g/mol. The minimum Gasteiger partial charge on any atom is -0.380 e. The van der Waals surface area contributed by atoms with Crippen molar-refractivity contribution in [2.24, 2.45) is 5.73 Å². The number of rotatable bonds is 5. The molecule has 3 aliphatic heterocycles. The number of imidazole rings is 1. The van der Waals surface area contributed by atoms with E-state index >= 15 is 4.39 Å². The number of ether oxygens (including phenoxy) is 1. The van der Waals surface area contributed by atoms with E-state index in [1.165, 1.54) is 12.1 Å². The lowest BCUT2D eigenvalue weighted by molar-refractivity contribution is 0.121. The topological polar surface area (TPSA) is 96.2 Å². The van der Waals surface area contributed by atoms with Crippen molar-refractivity contribution in [3.8, 4) is 23.1 Å². The van der Waals surface area contributed by atoms with Crippen LogP contribution in [0.4, 0.5) is 20.2 Å². The number of methoxy groups -OCH3 is 1. The van der Waals surface area contributed by atoms with Crippen molar-refractivity contribution in [3.05, 3.63) is 65.9 Å². The van der Waals surface area contributed by atoms with Gasteiger partial charge in [-0.3, -0.25) is 4.57 Å². The molecule has 3 aliphatic rings. The van der Waals surface area contributed by atoms with Crippen molar-refractivity contribution in [1.82, 2.24) is 14.5 Å². The number of nitriles is 1. The zero-order valence-corrected chi connectivity index (χ0v) is 22.8. The third kappa shape index (κ3) is 4.23. The third-order valence-electron chi connectivity index (χ3n) is 8.94. The van der Waals surface area contributed by atoms with E-state index < -0.39 is 11.6 Å². The summed E-state index contributed by atoms with van der Waals surface area (Å²) in [7, 11) is 1.67. The SMILES string of the molecule is CO[C@H]1CCN(c2cccc(-n3c(-c4ccc(C#N)c(F)c4)nc4c(N5C6CCC5CC(N)C6)ccnc43)c2F)C1. The van der Waals surface area contributed by atoms with Gasteiger partial charge in [0, 0.05) is 50.1 Å². The number of halogens is 2. The molecule has 8 nitrogen and oxygen atoms in total. The Labute approximate surface area is 237 Å². The standard InChI is InChI=1S/C31H31F2N7O/c1-41-23-10-12-38(17-23)25-3-2-4-26(28(25)33)40-30(18-5-6-19(16-34)24(32)13-18)37-29-27(9-11-36-31(29)40)39-21-7-8-22(39)15-20(35)14-21/h2-6,9,11,13,20-23H,7-8,10,12,14-15,17,35H2,1H3/t20?,21?,22?,23-/m0/s1. The largest absolute Gasteiger partial charge is 0.380 e. The molecule has 210 valence electrons. The Morgan fingerprint density at radius 2 is 1.80 bits per heavy atom. The van der Waals surface area contributed by atoms with Gasteiger partial charge in [-0.05, 0) is 68.5 Å². The molecule has 2 aromatic heterocycles. The van der Waals surface area contributed by atoms with E-state index in [0.29, 0.717) is 53.4 Å². The van der Waals surface area contributed by atoms with Crippen LogP contribution in [-0.2, 0) is 4.74 Å². The molecule has 3 saturated heterocycles. The van der Waals surface area contributed by atoms with Crippen molar-refractivity contribution in [2.45, 2.75) is 56.3 Å². The Bertz CT molecular complexity index is 1670. The molecule has 0 radical (unpaired) electrons. The van der Waals surface area contributed by atoms with Gasteiger partial charge in [-0.25, -0.2) is 18.7 Å². The van der Waals surface area contributed by atoms with Gasteiger partial charge in [0.05, 0.1) is 28.7 Å². The van der Waals surface area contributed by atoms with Crippen molar-refractivity contribution in [1.29, 1.82) is 5.26 Å². The van der Waals surface area contributed by atoms with Crippen molar-refractivity contribution >= 4 is 22.5 Å². The number of hydrogen-bond acceptors (Lipinski definition) is 7. The fraction of sp³-hybridized carbons (Fsp3) is 0.387. The van der Waals surface area contributed by atoms with E-state index in [9.17, 15) is 9.65 Å². The first kappa shape index (κ1) is 25.9. The van der Waals surface area contributed by atoms with Gasteiger partial charge in [0.15, 0.2) is 11.5 Å². The summed E-state index contributed by atoms with van der Waals surface area (Å²) in [4.78, 5) is 14.1. The van der Waals surface area contributed by atoms with Crippen LogP contribution in [0.15, 0.2) is 48.7 Å². The predicted octanol–water partition coefficient (Wildman–Crippen LogP) is 4.92. The molecule has 3 fully saturated rings. The highest BCUT2D eigenvalue weighted by atomic mass is 19.1. The maximum absolute atomic E-state index is 16.5. The molecule has 4 aromatic rings. The van der Waals surface area contributed by atoms with Crippen LogP contribution in [0.2, 0.25) is 0 Å². The lowest BCUT2D eigenvalue weighted by Crippen LogP contribution is -2.47. The van der Waals surface area contributed by atoms with Crippen LogP contribution in [0.1, 0.15) is 37.7 Å². The van der Waals surface area contributed by atoms with Gasteiger partial charge in [-0.1, -0.05) is 6.07 Å². The first-order chi connectivity index (χ1) is 20.0. The molecular formula is C31H31F2N7O. The number of piperidine rings is 1. The van der Waals surface area contributed by atoms with Crippen molar-refractivity contribution in [3.63, 3.8) is 0 Å². The maximum atomic E-state index is 16.5. The normalized spacial score (nSPS) is 23.9. The van der Waals surface area contributed by atoms with Gasteiger partial charge in [-0.15, -0.1) is 0 Å². The molecule has 0 aliphatic carbocycles. The van der Waals surface area contributed by atoms with E-state index in [1.807, 2.05) is 23.1 Å². The van der Waals surface area contributed by atoms with E-state index in [2.05, 4.69) is 4.90 Å². The van der Waals surface area contributed by atoms with Crippen molar-refractivity contribution in [2.75, 3.05) is 30.0 Å². The van der Waals surface area contributed by atoms with Crippen LogP contribution in [-0.4, -0.2) is 59.0 Å². The first-order valence-electron chi connectivity index (χ1n) is 14.1. The predicted molar refractivity (Wildman–Crippen MR) is 153 cm³/mol. The molecule has 41 heavy (non-hydrogen) atoms. The Morgan fingerprint density at radius 3 is 2.51 bits per heavy atom. The van der Waals surface area contributed by atoms with E-state index in [1.54, 1.807) is 36.1 Å². The number of fused-ring (bicyclic) bond motifs is 3. The van der Waals surface area contributed by atoms with Gasteiger partial charge in [0.1, 0.15) is 23.2 Å². The molecule has 2 N–H and O–H groups in total. The summed E-state index contributed by atoms with van der Waals surface area (Å²) in [5.74, 6) is -0.705. The molecule has 2 unspecified atom stereocenters.